The Kier molecular flexibility index (Phi) is 7.52. The van der Waals surface area contributed by atoms with Crippen molar-refractivity contribution in [1.82, 2.24) is 20.0 Å². The molecule has 2 heterocycles. The van der Waals surface area contributed by atoms with Gasteiger partial charge in [-0.05, 0) is 7.05 Å². The summed E-state index contributed by atoms with van der Waals surface area (Å²) < 4.78 is 0. The first-order valence-corrected chi connectivity index (χ1v) is 9.52. The quantitative estimate of drug-likeness (QED) is 0.281. The van der Waals surface area contributed by atoms with E-state index in [1.54, 1.807) is 4.90 Å². The molecular formula is C17H30N6O6. The molecule has 2 unspecified atom stereocenters. The number of hydrogen-bond acceptors (Lipinski definition) is 8. The second kappa shape index (κ2) is 9.48. The molecule has 2 saturated heterocycles. The molecule has 0 aromatic rings. The third-order valence-corrected chi connectivity index (χ3v) is 5.56. The molecule has 0 aromatic carbocycles. The molecule has 0 bridgehead atoms. The number of carbonyl (C=O) groups is 4. The van der Waals surface area contributed by atoms with Crippen LogP contribution < -0.4 is 16.8 Å². The summed E-state index contributed by atoms with van der Waals surface area (Å²) >= 11 is 0. The Morgan fingerprint density at radius 3 is 2.24 bits per heavy atom. The van der Waals surface area contributed by atoms with Crippen molar-refractivity contribution in [2.75, 3.05) is 52.9 Å². The first-order chi connectivity index (χ1) is 13.5. The number of carbonyl (C=O) groups excluding carboxylic acids is 2. The van der Waals surface area contributed by atoms with E-state index in [2.05, 4.69) is 10.2 Å². The van der Waals surface area contributed by atoms with Gasteiger partial charge in [0.1, 0.15) is 11.6 Å². The highest BCUT2D eigenvalue weighted by Gasteiger charge is 2.47. The van der Waals surface area contributed by atoms with E-state index in [0.29, 0.717) is 26.2 Å². The summed E-state index contributed by atoms with van der Waals surface area (Å²) in [5.41, 5.74) is 9.69. The number of carboxylic acids is 2. The largest absolute Gasteiger partial charge is 0.480 e. The minimum atomic E-state index is -1.91. The van der Waals surface area contributed by atoms with E-state index in [9.17, 15) is 24.3 Å². The predicted octanol–water partition coefficient (Wildman–Crippen LogP) is -3.46. The third kappa shape index (κ3) is 5.63. The Balaban J connectivity index is 2.06. The van der Waals surface area contributed by atoms with E-state index in [4.69, 9.17) is 16.6 Å². The van der Waals surface area contributed by atoms with Crippen LogP contribution in [-0.2, 0) is 19.2 Å². The highest BCUT2D eigenvalue weighted by molar-refractivity contribution is 5.89. The Labute approximate surface area is 168 Å². The first kappa shape index (κ1) is 23.0. The van der Waals surface area contributed by atoms with Crippen molar-refractivity contribution in [2.24, 2.45) is 11.5 Å². The Bertz CT molecular complexity index is 652. The number of nitrogens with zero attached hydrogens (tertiary/aromatic N) is 3. The van der Waals surface area contributed by atoms with Crippen LogP contribution in [-0.4, -0.2) is 119 Å². The van der Waals surface area contributed by atoms with Crippen LogP contribution in [0.5, 0.6) is 0 Å². The van der Waals surface area contributed by atoms with Crippen LogP contribution in [0, 0.1) is 0 Å². The van der Waals surface area contributed by atoms with Gasteiger partial charge in [-0.3, -0.25) is 19.2 Å². The normalized spacial score (nSPS) is 23.9. The second-order valence-electron chi connectivity index (χ2n) is 7.70. The zero-order chi connectivity index (χ0) is 21.8. The van der Waals surface area contributed by atoms with E-state index < -0.39 is 48.3 Å². The van der Waals surface area contributed by atoms with Crippen molar-refractivity contribution in [3.8, 4) is 0 Å². The number of piperazine rings is 2. The molecule has 3 atom stereocenters. The highest BCUT2D eigenvalue weighted by atomic mass is 16.4. The molecule has 0 aromatic heterocycles. The lowest BCUT2D eigenvalue weighted by atomic mass is 9.85. The third-order valence-electron chi connectivity index (χ3n) is 5.56. The van der Waals surface area contributed by atoms with Crippen LogP contribution in [0.3, 0.4) is 0 Å². The zero-order valence-corrected chi connectivity index (χ0v) is 16.5. The highest BCUT2D eigenvalue weighted by Crippen LogP contribution is 2.20. The number of likely N-dealkylation sites (N-methyl/N-ethyl adjacent to an activating group) is 1. The van der Waals surface area contributed by atoms with Crippen LogP contribution >= 0.6 is 0 Å². The molecule has 2 aliphatic rings. The number of aliphatic carboxylic acids is 2. The maximum atomic E-state index is 12.7. The number of amides is 2. The summed E-state index contributed by atoms with van der Waals surface area (Å²) in [6.45, 7) is 2.89. The van der Waals surface area contributed by atoms with Crippen LogP contribution in [0.25, 0.3) is 0 Å². The van der Waals surface area contributed by atoms with E-state index in [0.717, 1.165) is 0 Å². The van der Waals surface area contributed by atoms with Gasteiger partial charge < -0.3 is 41.7 Å². The van der Waals surface area contributed by atoms with Crippen molar-refractivity contribution in [1.29, 1.82) is 0 Å². The Morgan fingerprint density at radius 2 is 1.69 bits per heavy atom. The summed E-state index contributed by atoms with van der Waals surface area (Å²) in [6, 6.07) is -2.20. The maximum Gasteiger partial charge on any atom is 0.325 e. The standard InChI is InChI=1S/C17H30N6O6/c1-21-4-6-22(7-5-21)14(25)9-17(19,16(28)29)12-10-23(3-2-20-12)13(24)8-11(18)15(26)27/h11-12,20H,2-10,18-19H2,1H3,(H,26,27)(H,28,29)/t11-,12?,17?/m0/s1. The number of nitrogens with one attached hydrogen (secondary N) is 1. The topological polar surface area (TPSA) is 183 Å². The number of carboxylic acid groups (broad SMARTS) is 2. The van der Waals surface area contributed by atoms with Crippen LogP contribution in [0.15, 0.2) is 0 Å². The summed E-state index contributed by atoms with van der Waals surface area (Å²) in [6.07, 6.45) is -0.798. The van der Waals surface area contributed by atoms with Gasteiger partial charge in [-0.25, -0.2) is 0 Å². The van der Waals surface area contributed by atoms with E-state index >= 15 is 0 Å². The lowest BCUT2D eigenvalue weighted by Gasteiger charge is -2.42. The summed E-state index contributed by atoms with van der Waals surface area (Å²) in [7, 11) is 1.94. The van der Waals surface area contributed by atoms with Crippen molar-refractivity contribution >= 4 is 23.8 Å². The van der Waals surface area contributed by atoms with Gasteiger partial charge in [-0.15, -0.1) is 0 Å². The molecule has 12 heteroatoms. The molecule has 0 saturated carbocycles. The van der Waals surface area contributed by atoms with Gasteiger partial charge in [0, 0.05) is 45.8 Å². The van der Waals surface area contributed by atoms with Gasteiger partial charge in [0.2, 0.25) is 11.8 Å². The molecule has 2 fully saturated rings. The zero-order valence-electron chi connectivity index (χ0n) is 16.5. The lowest BCUT2D eigenvalue weighted by molar-refractivity contribution is -0.151. The molecule has 0 radical (unpaired) electrons. The summed E-state index contributed by atoms with van der Waals surface area (Å²) in [5, 5.41) is 21.6. The lowest BCUT2D eigenvalue weighted by Crippen LogP contribution is -2.70. The summed E-state index contributed by atoms with van der Waals surface area (Å²) in [4.78, 5) is 52.9. The fourth-order valence-corrected chi connectivity index (χ4v) is 3.49. The van der Waals surface area contributed by atoms with Crippen LogP contribution in [0.4, 0.5) is 0 Å². The molecule has 2 rings (SSSR count). The number of hydrogen-bond donors (Lipinski definition) is 5. The molecule has 7 N–H and O–H groups in total. The predicted molar refractivity (Wildman–Crippen MR) is 102 cm³/mol. The van der Waals surface area contributed by atoms with Crippen LogP contribution in [0.2, 0.25) is 0 Å². The molecule has 164 valence electrons. The summed E-state index contributed by atoms with van der Waals surface area (Å²) in [5.74, 6) is -3.47. The minimum Gasteiger partial charge on any atom is -0.480 e. The van der Waals surface area contributed by atoms with E-state index in [-0.39, 0.29) is 25.5 Å². The molecule has 0 spiro atoms. The van der Waals surface area contributed by atoms with Gasteiger partial charge >= 0.3 is 11.9 Å². The first-order valence-electron chi connectivity index (χ1n) is 9.52. The van der Waals surface area contributed by atoms with E-state index in [1.165, 1.54) is 4.90 Å². The minimum absolute atomic E-state index is 0.0516. The van der Waals surface area contributed by atoms with Gasteiger partial charge in [-0.1, -0.05) is 0 Å². The van der Waals surface area contributed by atoms with Crippen molar-refractivity contribution in [3.63, 3.8) is 0 Å². The fourth-order valence-electron chi connectivity index (χ4n) is 3.49. The van der Waals surface area contributed by atoms with Crippen LogP contribution in [0.1, 0.15) is 12.8 Å². The number of nitrogens with two attached hydrogens (primary N) is 2. The molecule has 2 aliphatic heterocycles. The van der Waals surface area contributed by atoms with Crippen molar-refractivity contribution < 1.29 is 29.4 Å². The van der Waals surface area contributed by atoms with Gasteiger partial charge in [0.25, 0.3) is 0 Å². The molecule has 29 heavy (non-hydrogen) atoms. The molecule has 0 aliphatic carbocycles. The van der Waals surface area contributed by atoms with Gasteiger partial charge in [0.15, 0.2) is 0 Å². The average Bonchev–Trinajstić information content (AvgIpc) is 2.68. The Hall–Kier alpha value is -2.28. The van der Waals surface area contributed by atoms with Crippen molar-refractivity contribution in [2.45, 2.75) is 30.5 Å². The monoisotopic (exact) mass is 414 g/mol. The fraction of sp³-hybridized carbons (Fsp3) is 0.765. The van der Waals surface area contributed by atoms with E-state index in [1.807, 2.05) is 7.05 Å². The average molecular weight is 414 g/mol. The second-order valence-corrected chi connectivity index (χ2v) is 7.70. The molecule has 2 amide bonds. The van der Waals surface area contributed by atoms with Gasteiger partial charge in [-0.2, -0.15) is 0 Å². The Morgan fingerprint density at radius 1 is 1.07 bits per heavy atom. The maximum absolute atomic E-state index is 12.7. The molecular weight excluding hydrogens is 384 g/mol. The SMILES string of the molecule is CN1CCN(C(=O)CC(N)(C(=O)O)C2CN(C(=O)C[C@H](N)C(=O)O)CCN2)CC1. The number of rotatable bonds is 7. The van der Waals surface area contributed by atoms with Gasteiger partial charge in [0.05, 0.1) is 18.9 Å². The smallest absolute Gasteiger partial charge is 0.325 e. The van der Waals surface area contributed by atoms with Crippen molar-refractivity contribution in [3.05, 3.63) is 0 Å². The molecule has 12 nitrogen and oxygen atoms in total.